The maximum absolute atomic E-state index is 11.9. The number of ether oxygens (including phenoxy) is 1. The summed E-state index contributed by atoms with van der Waals surface area (Å²) in [6, 6.07) is 4.98. The van der Waals surface area contributed by atoms with Crippen molar-refractivity contribution in [3.8, 4) is 0 Å². The number of hydrogen-bond acceptors (Lipinski definition) is 5. The van der Waals surface area contributed by atoms with E-state index in [9.17, 15) is 9.59 Å². The summed E-state index contributed by atoms with van der Waals surface area (Å²) in [5.41, 5.74) is 3.30. The molecular formula is C18H25N5O3. The van der Waals surface area contributed by atoms with E-state index in [4.69, 9.17) is 4.74 Å². The van der Waals surface area contributed by atoms with Gasteiger partial charge >= 0.3 is 12.1 Å². The number of nitrogens with one attached hydrogen (secondary N) is 3. The number of rotatable bonds is 4. The van der Waals surface area contributed by atoms with Gasteiger partial charge in [0.1, 0.15) is 5.60 Å². The Balaban J connectivity index is 1.82. The van der Waals surface area contributed by atoms with Crippen LogP contribution in [-0.2, 0) is 4.74 Å². The first-order valence-electron chi connectivity index (χ1n) is 8.41. The second-order valence-corrected chi connectivity index (χ2v) is 6.91. The highest BCUT2D eigenvalue weighted by atomic mass is 16.6. The van der Waals surface area contributed by atoms with Gasteiger partial charge in [-0.25, -0.2) is 19.6 Å². The molecule has 140 valence electrons. The van der Waals surface area contributed by atoms with E-state index in [1.807, 2.05) is 19.9 Å². The molecule has 0 aliphatic carbocycles. The number of aromatic nitrogens is 2. The SMILES string of the molecule is Cc1nc2ccc(NC(=O)NCCNC(=O)OC(C)(C)C)cc2nc1C. The van der Waals surface area contributed by atoms with Gasteiger partial charge in [0.15, 0.2) is 0 Å². The second kappa shape index (κ2) is 7.99. The normalized spacial score (nSPS) is 11.1. The van der Waals surface area contributed by atoms with Crippen molar-refractivity contribution in [3.05, 3.63) is 29.6 Å². The molecule has 0 atom stereocenters. The molecular weight excluding hydrogens is 334 g/mol. The van der Waals surface area contributed by atoms with Crippen molar-refractivity contribution >= 4 is 28.8 Å². The van der Waals surface area contributed by atoms with E-state index in [-0.39, 0.29) is 19.1 Å². The van der Waals surface area contributed by atoms with Crippen LogP contribution in [0.4, 0.5) is 15.3 Å². The minimum Gasteiger partial charge on any atom is -0.444 e. The first kappa shape index (κ1) is 19.4. The average molecular weight is 359 g/mol. The number of carbonyl (C=O) groups is 2. The molecule has 1 heterocycles. The van der Waals surface area contributed by atoms with Crippen LogP contribution in [0.2, 0.25) is 0 Å². The van der Waals surface area contributed by atoms with Crippen molar-refractivity contribution in [1.82, 2.24) is 20.6 Å². The van der Waals surface area contributed by atoms with Crippen LogP contribution in [0.1, 0.15) is 32.2 Å². The predicted octanol–water partition coefficient (Wildman–Crippen LogP) is 2.89. The molecule has 8 nitrogen and oxygen atoms in total. The van der Waals surface area contributed by atoms with Gasteiger partial charge in [-0.05, 0) is 52.8 Å². The summed E-state index contributed by atoms with van der Waals surface area (Å²) in [6.45, 7) is 9.71. The maximum atomic E-state index is 11.9. The number of aryl methyl sites for hydroxylation is 2. The Hall–Kier alpha value is -2.90. The Kier molecular flexibility index (Phi) is 5.97. The molecule has 2 aromatic rings. The number of benzene rings is 1. The van der Waals surface area contributed by atoms with Gasteiger partial charge in [0.25, 0.3) is 0 Å². The van der Waals surface area contributed by atoms with E-state index in [0.29, 0.717) is 5.69 Å². The van der Waals surface area contributed by atoms with Crippen LogP contribution in [0.3, 0.4) is 0 Å². The van der Waals surface area contributed by atoms with Crippen LogP contribution in [0.25, 0.3) is 11.0 Å². The predicted molar refractivity (Wildman–Crippen MR) is 100 cm³/mol. The zero-order chi connectivity index (χ0) is 19.3. The zero-order valence-corrected chi connectivity index (χ0v) is 15.8. The van der Waals surface area contributed by atoms with Crippen LogP contribution in [0.5, 0.6) is 0 Å². The van der Waals surface area contributed by atoms with E-state index in [1.165, 1.54) is 0 Å². The summed E-state index contributed by atoms with van der Waals surface area (Å²) >= 11 is 0. The van der Waals surface area contributed by atoms with E-state index in [2.05, 4.69) is 25.9 Å². The van der Waals surface area contributed by atoms with Crippen LogP contribution < -0.4 is 16.0 Å². The molecule has 0 spiro atoms. The second-order valence-electron chi connectivity index (χ2n) is 6.91. The summed E-state index contributed by atoms with van der Waals surface area (Å²) in [4.78, 5) is 32.4. The molecule has 0 unspecified atom stereocenters. The van der Waals surface area contributed by atoms with Gasteiger partial charge in [0.05, 0.1) is 22.4 Å². The van der Waals surface area contributed by atoms with Crippen LogP contribution in [0.15, 0.2) is 18.2 Å². The fourth-order valence-electron chi connectivity index (χ4n) is 2.14. The largest absolute Gasteiger partial charge is 0.444 e. The Morgan fingerprint density at radius 3 is 2.27 bits per heavy atom. The molecule has 2 rings (SSSR count). The monoisotopic (exact) mass is 359 g/mol. The van der Waals surface area contributed by atoms with Gasteiger partial charge in [0, 0.05) is 18.8 Å². The molecule has 3 amide bonds. The highest BCUT2D eigenvalue weighted by Crippen LogP contribution is 2.17. The van der Waals surface area contributed by atoms with E-state index >= 15 is 0 Å². The van der Waals surface area contributed by atoms with Crippen molar-refractivity contribution in [1.29, 1.82) is 0 Å². The van der Waals surface area contributed by atoms with Gasteiger partial charge in [0.2, 0.25) is 0 Å². The first-order chi connectivity index (χ1) is 12.1. The standard InChI is InChI=1S/C18H25N5O3/c1-11-12(2)22-15-10-13(6-7-14(15)21-11)23-16(24)19-8-9-20-17(25)26-18(3,4)5/h6-7,10H,8-9H2,1-5H3,(H,20,25)(H2,19,23,24). The van der Waals surface area contributed by atoms with Crippen LogP contribution in [-0.4, -0.2) is 40.8 Å². The Morgan fingerprint density at radius 2 is 1.62 bits per heavy atom. The minimum atomic E-state index is -0.551. The zero-order valence-electron chi connectivity index (χ0n) is 15.8. The summed E-state index contributed by atoms with van der Waals surface area (Å²) < 4.78 is 5.11. The molecule has 0 aliphatic heterocycles. The number of carbonyl (C=O) groups excluding carboxylic acids is 2. The van der Waals surface area contributed by atoms with Gasteiger partial charge in [-0.2, -0.15) is 0 Å². The van der Waals surface area contributed by atoms with Gasteiger partial charge in [-0.1, -0.05) is 0 Å². The topological polar surface area (TPSA) is 105 Å². The van der Waals surface area contributed by atoms with Crippen molar-refractivity contribution in [3.63, 3.8) is 0 Å². The van der Waals surface area contributed by atoms with Gasteiger partial charge in [-0.3, -0.25) is 0 Å². The fraction of sp³-hybridized carbons (Fsp3) is 0.444. The lowest BCUT2D eigenvalue weighted by Gasteiger charge is -2.19. The number of hydrogen-bond donors (Lipinski definition) is 3. The van der Waals surface area contributed by atoms with E-state index in [0.717, 1.165) is 22.4 Å². The van der Waals surface area contributed by atoms with Crippen molar-refractivity contribution < 1.29 is 14.3 Å². The Labute approximate surface area is 152 Å². The third-order valence-corrected chi connectivity index (χ3v) is 3.41. The molecule has 1 aromatic carbocycles. The van der Waals surface area contributed by atoms with Gasteiger partial charge in [-0.15, -0.1) is 0 Å². The van der Waals surface area contributed by atoms with Crippen LogP contribution in [0, 0.1) is 13.8 Å². The lowest BCUT2D eigenvalue weighted by molar-refractivity contribution is 0.0528. The molecule has 3 N–H and O–H groups in total. The van der Waals surface area contributed by atoms with Crippen LogP contribution >= 0.6 is 0 Å². The highest BCUT2D eigenvalue weighted by Gasteiger charge is 2.15. The summed E-state index contributed by atoms with van der Waals surface area (Å²) in [7, 11) is 0. The summed E-state index contributed by atoms with van der Waals surface area (Å²) in [5.74, 6) is 0. The number of urea groups is 1. The summed E-state index contributed by atoms with van der Waals surface area (Å²) in [5, 5.41) is 7.97. The first-order valence-corrected chi connectivity index (χ1v) is 8.41. The fourth-order valence-corrected chi connectivity index (χ4v) is 2.14. The third-order valence-electron chi connectivity index (χ3n) is 3.41. The van der Waals surface area contributed by atoms with Crippen molar-refractivity contribution in [2.75, 3.05) is 18.4 Å². The lowest BCUT2D eigenvalue weighted by atomic mass is 10.2. The molecule has 0 saturated heterocycles. The minimum absolute atomic E-state index is 0.268. The number of anilines is 1. The molecule has 8 heteroatoms. The Morgan fingerprint density at radius 1 is 1.00 bits per heavy atom. The number of amides is 3. The lowest BCUT2D eigenvalue weighted by Crippen LogP contribution is -2.39. The molecule has 0 aliphatic rings. The number of nitrogens with zero attached hydrogens (tertiary/aromatic N) is 2. The van der Waals surface area contributed by atoms with E-state index in [1.54, 1.807) is 32.9 Å². The van der Waals surface area contributed by atoms with Gasteiger partial charge < -0.3 is 20.7 Å². The maximum Gasteiger partial charge on any atom is 0.407 e. The third kappa shape index (κ3) is 5.87. The van der Waals surface area contributed by atoms with E-state index < -0.39 is 11.7 Å². The average Bonchev–Trinajstić information content (AvgIpc) is 2.51. The number of fused-ring (bicyclic) bond motifs is 1. The smallest absolute Gasteiger partial charge is 0.407 e. The number of alkyl carbamates (subject to hydrolysis) is 1. The molecule has 1 aromatic heterocycles. The molecule has 0 bridgehead atoms. The quantitative estimate of drug-likeness (QED) is 0.728. The molecule has 0 saturated carbocycles. The summed E-state index contributed by atoms with van der Waals surface area (Å²) in [6.07, 6.45) is -0.515. The molecule has 0 radical (unpaired) electrons. The van der Waals surface area contributed by atoms with Crippen molar-refractivity contribution in [2.24, 2.45) is 0 Å². The molecule has 0 fully saturated rings. The Bertz CT molecular complexity index is 814. The van der Waals surface area contributed by atoms with Crippen molar-refractivity contribution in [2.45, 2.75) is 40.2 Å². The highest BCUT2D eigenvalue weighted by molar-refractivity contribution is 5.91. The molecule has 26 heavy (non-hydrogen) atoms.